The van der Waals surface area contributed by atoms with E-state index in [9.17, 15) is 0 Å². The van der Waals surface area contributed by atoms with E-state index in [2.05, 4.69) is 52.2 Å². The molecule has 1 saturated heterocycles. The highest BCUT2D eigenvalue weighted by molar-refractivity contribution is 6.30. The van der Waals surface area contributed by atoms with Gasteiger partial charge in [0.2, 0.25) is 0 Å². The Hall–Kier alpha value is -2.23. The van der Waals surface area contributed by atoms with E-state index < -0.39 is 0 Å². The maximum Gasteiger partial charge on any atom is 0.158 e. The first kappa shape index (κ1) is 14.4. The van der Waals surface area contributed by atoms with Crippen LogP contribution in [0.3, 0.4) is 0 Å². The van der Waals surface area contributed by atoms with Gasteiger partial charge in [-0.2, -0.15) is 0 Å². The molecule has 0 N–H and O–H groups in total. The molecule has 0 aliphatic carbocycles. The molecule has 3 nitrogen and oxygen atoms in total. The van der Waals surface area contributed by atoms with Crippen molar-refractivity contribution in [3.05, 3.63) is 83.6 Å². The smallest absolute Gasteiger partial charge is 0.158 e. The van der Waals surface area contributed by atoms with Gasteiger partial charge in [0.1, 0.15) is 0 Å². The number of halogens is 1. The number of aromatic nitrogens is 1. The average Bonchev–Trinajstić information content (AvgIpc) is 3.25. The van der Waals surface area contributed by atoms with E-state index >= 15 is 0 Å². The van der Waals surface area contributed by atoms with Gasteiger partial charge < -0.3 is 14.2 Å². The van der Waals surface area contributed by atoms with Crippen molar-refractivity contribution in [3.8, 4) is 5.69 Å². The third-order valence-electron chi connectivity index (χ3n) is 4.10. The van der Waals surface area contributed by atoms with Crippen LogP contribution in [0.1, 0.15) is 11.8 Å². The first-order valence-corrected chi connectivity index (χ1v) is 8.06. The Bertz CT molecular complexity index is 783. The van der Waals surface area contributed by atoms with Crippen LogP contribution in [0.25, 0.3) is 5.69 Å². The van der Waals surface area contributed by atoms with Crippen molar-refractivity contribution >= 4 is 17.3 Å². The Morgan fingerprint density at radius 1 is 0.913 bits per heavy atom. The lowest BCUT2D eigenvalue weighted by molar-refractivity contribution is 0.114. The number of para-hydroxylation sites is 1. The second-order valence-electron chi connectivity index (χ2n) is 5.58. The molecule has 116 valence electrons. The predicted octanol–water partition coefficient (Wildman–Crippen LogP) is 4.67. The minimum Gasteiger partial charge on any atom is -0.352 e. The number of anilines is 1. The fourth-order valence-corrected chi connectivity index (χ4v) is 3.09. The third kappa shape index (κ3) is 2.85. The second-order valence-corrected chi connectivity index (χ2v) is 6.02. The second kappa shape index (κ2) is 6.11. The van der Waals surface area contributed by atoms with Crippen molar-refractivity contribution in [3.63, 3.8) is 0 Å². The number of ether oxygens (including phenoxy) is 1. The topological polar surface area (TPSA) is 17.4 Å². The summed E-state index contributed by atoms with van der Waals surface area (Å²) >= 11 is 5.96. The van der Waals surface area contributed by atoms with Crippen LogP contribution >= 0.6 is 11.6 Å². The monoisotopic (exact) mass is 324 g/mol. The van der Waals surface area contributed by atoms with Crippen molar-refractivity contribution in [2.24, 2.45) is 0 Å². The molecular weight excluding hydrogens is 308 g/mol. The Labute approximate surface area is 140 Å². The van der Waals surface area contributed by atoms with E-state index in [1.165, 1.54) is 5.69 Å². The van der Waals surface area contributed by atoms with E-state index in [0.29, 0.717) is 0 Å². The van der Waals surface area contributed by atoms with Crippen LogP contribution in [-0.2, 0) is 4.74 Å². The van der Waals surface area contributed by atoms with Gasteiger partial charge in [-0.1, -0.05) is 29.8 Å². The molecule has 1 aromatic heterocycles. The first-order valence-electron chi connectivity index (χ1n) is 7.68. The summed E-state index contributed by atoms with van der Waals surface area (Å²) in [4.78, 5) is 2.29. The highest BCUT2D eigenvalue weighted by Gasteiger charge is 2.27. The Balaban J connectivity index is 1.62. The largest absolute Gasteiger partial charge is 0.352 e. The molecule has 0 radical (unpaired) electrons. The number of nitrogens with zero attached hydrogens (tertiary/aromatic N) is 2. The van der Waals surface area contributed by atoms with Crippen molar-refractivity contribution in [1.82, 2.24) is 4.57 Å². The fourth-order valence-electron chi connectivity index (χ4n) is 2.96. The molecule has 1 aliphatic rings. The summed E-state index contributed by atoms with van der Waals surface area (Å²) in [6, 6.07) is 20.3. The lowest BCUT2D eigenvalue weighted by Gasteiger charge is -2.24. The molecule has 0 spiro atoms. The number of benzene rings is 2. The van der Waals surface area contributed by atoms with Crippen LogP contribution in [0.15, 0.2) is 73.1 Å². The van der Waals surface area contributed by atoms with Gasteiger partial charge in [0.25, 0.3) is 0 Å². The standard InChI is InChI=1S/C19H17ClN2O/c20-16-6-8-17(9-7-16)21-11-10-15(14-21)19-22(12-13-23-19)18-4-2-1-3-5-18/h1-11,14,19H,12-13H2/t19-/m0/s1. The van der Waals surface area contributed by atoms with Crippen molar-refractivity contribution < 1.29 is 4.74 Å². The molecule has 2 heterocycles. The minimum atomic E-state index is -0.0362. The Morgan fingerprint density at radius 3 is 2.48 bits per heavy atom. The fraction of sp³-hybridized carbons (Fsp3) is 0.158. The molecule has 1 aliphatic heterocycles. The van der Waals surface area contributed by atoms with E-state index in [0.717, 1.165) is 29.4 Å². The van der Waals surface area contributed by atoms with Gasteiger partial charge in [-0.3, -0.25) is 0 Å². The maximum absolute atomic E-state index is 5.97. The summed E-state index contributed by atoms with van der Waals surface area (Å²) in [7, 11) is 0. The Morgan fingerprint density at radius 2 is 1.70 bits per heavy atom. The zero-order valence-electron chi connectivity index (χ0n) is 12.6. The predicted molar refractivity (Wildman–Crippen MR) is 93.3 cm³/mol. The highest BCUT2D eigenvalue weighted by atomic mass is 35.5. The van der Waals surface area contributed by atoms with Gasteiger partial charge in [0, 0.05) is 40.9 Å². The first-order chi connectivity index (χ1) is 11.3. The molecule has 4 heteroatoms. The lowest BCUT2D eigenvalue weighted by Crippen LogP contribution is -2.22. The van der Waals surface area contributed by atoms with Crippen LogP contribution in [-0.4, -0.2) is 17.7 Å². The molecule has 1 fully saturated rings. The summed E-state index contributed by atoms with van der Waals surface area (Å²) in [6.07, 6.45) is 4.14. The molecule has 2 aromatic carbocycles. The molecule has 0 amide bonds. The average molecular weight is 325 g/mol. The SMILES string of the molecule is Clc1ccc(-n2ccc([C@@H]3OCCN3c3ccccc3)c2)cc1. The van der Waals surface area contributed by atoms with Gasteiger partial charge in [0.05, 0.1) is 6.61 Å². The van der Waals surface area contributed by atoms with Crippen molar-refractivity contribution in [1.29, 1.82) is 0 Å². The maximum atomic E-state index is 5.97. The van der Waals surface area contributed by atoms with E-state index in [1.54, 1.807) is 0 Å². The molecule has 4 rings (SSSR count). The zero-order chi connectivity index (χ0) is 15.6. The van der Waals surface area contributed by atoms with Gasteiger partial charge in [0.15, 0.2) is 6.23 Å². The molecule has 0 unspecified atom stereocenters. The van der Waals surface area contributed by atoms with Gasteiger partial charge in [-0.15, -0.1) is 0 Å². The summed E-state index contributed by atoms with van der Waals surface area (Å²) in [6.45, 7) is 1.65. The summed E-state index contributed by atoms with van der Waals surface area (Å²) < 4.78 is 8.06. The quantitative estimate of drug-likeness (QED) is 0.696. The highest BCUT2D eigenvalue weighted by Crippen LogP contribution is 2.32. The summed E-state index contributed by atoms with van der Waals surface area (Å²) in [5.74, 6) is 0. The van der Waals surface area contributed by atoms with E-state index in [4.69, 9.17) is 16.3 Å². The normalized spacial score (nSPS) is 17.6. The van der Waals surface area contributed by atoms with Crippen LogP contribution in [0, 0.1) is 0 Å². The minimum absolute atomic E-state index is 0.0362. The summed E-state index contributed by atoms with van der Waals surface area (Å²) in [5, 5.41) is 0.746. The molecule has 1 atom stereocenters. The number of rotatable bonds is 3. The van der Waals surface area contributed by atoms with Crippen LogP contribution in [0.5, 0.6) is 0 Å². The van der Waals surface area contributed by atoms with Gasteiger partial charge in [-0.25, -0.2) is 0 Å². The molecule has 0 bridgehead atoms. The van der Waals surface area contributed by atoms with Crippen molar-refractivity contribution in [2.75, 3.05) is 18.1 Å². The number of hydrogen-bond acceptors (Lipinski definition) is 2. The molecule has 23 heavy (non-hydrogen) atoms. The van der Waals surface area contributed by atoms with E-state index in [-0.39, 0.29) is 6.23 Å². The third-order valence-corrected chi connectivity index (χ3v) is 4.36. The van der Waals surface area contributed by atoms with Crippen LogP contribution < -0.4 is 4.90 Å². The lowest BCUT2D eigenvalue weighted by atomic mass is 10.2. The molecule has 0 saturated carbocycles. The Kier molecular flexibility index (Phi) is 3.82. The van der Waals surface area contributed by atoms with Gasteiger partial charge in [-0.05, 0) is 42.5 Å². The van der Waals surface area contributed by atoms with Crippen LogP contribution in [0.2, 0.25) is 5.02 Å². The molecule has 3 aromatic rings. The zero-order valence-corrected chi connectivity index (χ0v) is 13.4. The number of hydrogen-bond donors (Lipinski definition) is 0. The molecular formula is C19H17ClN2O. The van der Waals surface area contributed by atoms with Gasteiger partial charge >= 0.3 is 0 Å². The van der Waals surface area contributed by atoms with Crippen LogP contribution in [0.4, 0.5) is 5.69 Å². The summed E-state index contributed by atoms with van der Waals surface area (Å²) in [5.41, 5.74) is 3.43. The van der Waals surface area contributed by atoms with Crippen molar-refractivity contribution in [2.45, 2.75) is 6.23 Å². The van der Waals surface area contributed by atoms with E-state index in [1.807, 2.05) is 30.3 Å².